The minimum atomic E-state index is -0.203. The molecule has 3 unspecified atom stereocenters. The van der Waals surface area contributed by atoms with Crippen molar-refractivity contribution < 1.29 is 9.13 Å². The molecule has 3 rings (SSSR count). The van der Waals surface area contributed by atoms with Crippen molar-refractivity contribution in [3.63, 3.8) is 0 Å². The fraction of sp³-hybridized carbons (Fsp3) is 0.333. The van der Waals surface area contributed by atoms with E-state index in [0.29, 0.717) is 5.92 Å². The molecular formula is C18H18ClFO. The Kier molecular flexibility index (Phi) is 4.16. The van der Waals surface area contributed by atoms with Gasteiger partial charge in [-0.15, -0.1) is 11.6 Å². The van der Waals surface area contributed by atoms with E-state index in [-0.39, 0.29) is 17.3 Å². The molecule has 1 heterocycles. The summed E-state index contributed by atoms with van der Waals surface area (Å²) < 4.78 is 19.1. The quantitative estimate of drug-likeness (QED) is 0.711. The Labute approximate surface area is 129 Å². The van der Waals surface area contributed by atoms with Crippen molar-refractivity contribution in [1.82, 2.24) is 0 Å². The van der Waals surface area contributed by atoms with E-state index in [0.717, 1.165) is 29.7 Å². The predicted octanol–water partition coefficient (Wildman–Crippen LogP) is 5.14. The van der Waals surface area contributed by atoms with Gasteiger partial charge in [-0.05, 0) is 36.1 Å². The summed E-state index contributed by atoms with van der Waals surface area (Å²) in [4.78, 5) is 0. The molecule has 3 atom stereocenters. The molecule has 0 radical (unpaired) electrons. The first-order valence-electron chi connectivity index (χ1n) is 7.27. The van der Waals surface area contributed by atoms with Gasteiger partial charge < -0.3 is 4.74 Å². The zero-order valence-corrected chi connectivity index (χ0v) is 12.7. The largest absolute Gasteiger partial charge is 0.490 e. The lowest BCUT2D eigenvalue weighted by Gasteiger charge is -2.21. The van der Waals surface area contributed by atoms with Crippen LogP contribution >= 0.6 is 11.6 Å². The van der Waals surface area contributed by atoms with Gasteiger partial charge in [-0.2, -0.15) is 0 Å². The lowest BCUT2D eigenvalue weighted by atomic mass is 9.93. The molecule has 0 bridgehead atoms. The lowest BCUT2D eigenvalue weighted by molar-refractivity contribution is 0.196. The van der Waals surface area contributed by atoms with E-state index in [1.165, 1.54) is 6.07 Å². The van der Waals surface area contributed by atoms with Crippen molar-refractivity contribution in [3.8, 4) is 5.75 Å². The molecule has 1 aliphatic heterocycles. The van der Waals surface area contributed by atoms with Gasteiger partial charge >= 0.3 is 0 Å². The number of hydrogen-bond donors (Lipinski definition) is 0. The topological polar surface area (TPSA) is 9.23 Å². The third-order valence-corrected chi connectivity index (χ3v) is 4.70. The van der Waals surface area contributed by atoms with Crippen LogP contribution in [0.25, 0.3) is 0 Å². The van der Waals surface area contributed by atoms with E-state index in [4.69, 9.17) is 16.3 Å². The van der Waals surface area contributed by atoms with E-state index >= 15 is 0 Å². The molecule has 0 saturated heterocycles. The van der Waals surface area contributed by atoms with Gasteiger partial charge in [-0.1, -0.05) is 37.3 Å². The molecule has 0 aliphatic carbocycles. The van der Waals surface area contributed by atoms with Crippen molar-refractivity contribution in [3.05, 3.63) is 65.5 Å². The molecule has 2 aromatic carbocycles. The molecule has 2 aromatic rings. The van der Waals surface area contributed by atoms with Gasteiger partial charge in [0.2, 0.25) is 0 Å². The van der Waals surface area contributed by atoms with Gasteiger partial charge in [0.1, 0.15) is 17.7 Å². The molecule has 0 aromatic heterocycles. The summed E-state index contributed by atoms with van der Waals surface area (Å²) in [6, 6.07) is 14.8. The van der Waals surface area contributed by atoms with Crippen LogP contribution in [0.3, 0.4) is 0 Å². The first-order chi connectivity index (χ1) is 10.1. The maximum Gasteiger partial charge on any atom is 0.123 e. The zero-order chi connectivity index (χ0) is 14.8. The average molecular weight is 305 g/mol. The Hall–Kier alpha value is -1.54. The molecule has 1 nitrogen and oxygen atoms in total. The third kappa shape index (κ3) is 3.21. The van der Waals surface area contributed by atoms with Crippen molar-refractivity contribution in [2.45, 2.75) is 31.2 Å². The van der Waals surface area contributed by atoms with Gasteiger partial charge in [0, 0.05) is 12.0 Å². The monoisotopic (exact) mass is 304 g/mol. The van der Waals surface area contributed by atoms with Crippen LogP contribution < -0.4 is 4.74 Å². The molecule has 0 amide bonds. The molecule has 0 fully saturated rings. The normalized spacial score (nSPS) is 19.7. The van der Waals surface area contributed by atoms with Crippen LogP contribution in [0.4, 0.5) is 4.39 Å². The fourth-order valence-corrected chi connectivity index (χ4v) is 3.17. The molecule has 1 aliphatic rings. The van der Waals surface area contributed by atoms with Crippen LogP contribution in [-0.4, -0.2) is 6.10 Å². The van der Waals surface area contributed by atoms with Crippen LogP contribution in [0.1, 0.15) is 29.8 Å². The average Bonchev–Trinajstić information content (AvgIpc) is 2.88. The minimum absolute atomic E-state index is 0.0322. The van der Waals surface area contributed by atoms with Crippen molar-refractivity contribution >= 4 is 11.6 Å². The highest BCUT2D eigenvalue weighted by molar-refractivity contribution is 6.21. The summed E-state index contributed by atoms with van der Waals surface area (Å²) in [5.74, 6) is 0.892. The second-order valence-corrected chi connectivity index (χ2v) is 6.19. The highest BCUT2D eigenvalue weighted by Crippen LogP contribution is 2.36. The summed E-state index contributed by atoms with van der Waals surface area (Å²) in [5, 5.41) is -0.0322. The van der Waals surface area contributed by atoms with E-state index in [2.05, 4.69) is 6.92 Å². The van der Waals surface area contributed by atoms with E-state index in [1.807, 2.05) is 30.3 Å². The Balaban J connectivity index is 1.63. The Morgan fingerprint density at radius 3 is 2.76 bits per heavy atom. The van der Waals surface area contributed by atoms with Gasteiger partial charge in [-0.25, -0.2) is 4.39 Å². The van der Waals surface area contributed by atoms with Crippen molar-refractivity contribution in [1.29, 1.82) is 0 Å². The molecule has 0 saturated carbocycles. The number of benzene rings is 2. The number of fused-ring (bicyclic) bond motifs is 1. The molecular weight excluding hydrogens is 287 g/mol. The molecule has 3 heteroatoms. The third-order valence-electron chi connectivity index (χ3n) is 4.02. The fourth-order valence-electron chi connectivity index (χ4n) is 2.92. The van der Waals surface area contributed by atoms with Gasteiger partial charge in [0.05, 0.1) is 5.38 Å². The maximum absolute atomic E-state index is 13.2. The summed E-state index contributed by atoms with van der Waals surface area (Å²) in [6.07, 6.45) is 1.71. The molecule has 0 N–H and O–H groups in total. The Morgan fingerprint density at radius 1 is 1.24 bits per heavy atom. The number of halogens is 2. The summed E-state index contributed by atoms with van der Waals surface area (Å²) in [5.41, 5.74) is 2.09. The molecule has 110 valence electrons. The lowest BCUT2D eigenvalue weighted by Crippen LogP contribution is -2.19. The number of hydrogen-bond acceptors (Lipinski definition) is 1. The van der Waals surface area contributed by atoms with Crippen molar-refractivity contribution in [2.75, 3.05) is 0 Å². The Morgan fingerprint density at radius 2 is 2.00 bits per heavy atom. The first-order valence-corrected chi connectivity index (χ1v) is 7.71. The van der Waals surface area contributed by atoms with Crippen LogP contribution in [0.2, 0.25) is 0 Å². The minimum Gasteiger partial charge on any atom is -0.490 e. The standard InChI is InChI=1S/C18H18ClFO/c1-12(18(19)13-5-3-2-4-6-13)9-16-11-14-10-15(20)7-8-17(14)21-16/h2-8,10,12,16,18H,9,11H2,1H3. The van der Waals surface area contributed by atoms with E-state index < -0.39 is 0 Å². The second kappa shape index (κ2) is 6.07. The molecule has 0 spiro atoms. The van der Waals surface area contributed by atoms with E-state index in [9.17, 15) is 4.39 Å². The number of alkyl halides is 1. The second-order valence-electron chi connectivity index (χ2n) is 5.72. The highest BCUT2D eigenvalue weighted by atomic mass is 35.5. The SMILES string of the molecule is CC(CC1Cc2cc(F)ccc2O1)C(Cl)c1ccccc1. The van der Waals surface area contributed by atoms with E-state index in [1.54, 1.807) is 12.1 Å². The van der Waals surface area contributed by atoms with Gasteiger partial charge in [-0.3, -0.25) is 0 Å². The summed E-state index contributed by atoms with van der Waals surface area (Å²) in [6.45, 7) is 2.14. The summed E-state index contributed by atoms with van der Waals surface area (Å²) in [7, 11) is 0. The zero-order valence-electron chi connectivity index (χ0n) is 11.9. The molecule has 21 heavy (non-hydrogen) atoms. The van der Waals surface area contributed by atoms with Crippen LogP contribution in [0.15, 0.2) is 48.5 Å². The van der Waals surface area contributed by atoms with Crippen LogP contribution in [0, 0.1) is 11.7 Å². The van der Waals surface area contributed by atoms with Gasteiger partial charge in [0.15, 0.2) is 0 Å². The Bertz CT molecular complexity index is 614. The smallest absolute Gasteiger partial charge is 0.123 e. The van der Waals surface area contributed by atoms with Crippen LogP contribution in [0.5, 0.6) is 5.75 Å². The maximum atomic E-state index is 13.2. The number of ether oxygens (including phenoxy) is 1. The predicted molar refractivity (Wildman–Crippen MR) is 83.3 cm³/mol. The van der Waals surface area contributed by atoms with Gasteiger partial charge in [0.25, 0.3) is 0 Å². The highest BCUT2D eigenvalue weighted by Gasteiger charge is 2.27. The number of rotatable bonds is 4. The van der Waals surface area contributed by atoms with Crippen LogP contribution in [-0.2, 0) is 6.42 Å². The first kappa shape index (κ1) is 14.4. The van der Waals surface area contributed by atoms with Crippen molar-refractivity contribution in [2.24, 2.45) is 5.92 Å². The summed E-state index contributed by atoms with van der Waals surface area (Å²) >= 11 is 6.56.